The van der Waals surface area contributed by atoms with Gasteiger partial charge in [0.25, 0.3) is 0 Å². The number of fused-ring (bicyclic) bond motifs is 1. The van der Waals surface area contributed by atoms with E-state index in [2.05, 4.69) is 30.3 Å². The van der Waals surface area contributed by atoms with E-state index in [1.807, 2.05) is 30.3 Å². The second-order valence-corrected chi connectivity index (χ2v) is 9.86. The van der Waals surface area contributed by atoms with Crippen LogP contribution in [-0.4, -0.2) is 60.9 Å². The van der Waals surface area contributed by atoms with Gasteiger partial charge in [-0.1, -0.05) is 35.4 Å². The van der Waals surface area contributed by atoms with Crippen molar-refractivity contribution in [3.8, 4) is 0 Å². The molecule has 1 saturated heterocycles. The second-order valence-electron chi connectivity index (χ2n) is 7.96. The monoisotopic (exact) mass is 530 g/mol. The summed E-state index contributed by atoms with van der Waals surface area (Å²) in [7, 11) is -3.73. The topological polar surface area (TPSA) is 190 Å². The van der Waals surface area contributed by atoms with Crippen molar-refractivity contribution in [1.82, 2.24) is 19.5 Å². The number of ether oxygens (including phenoxy) is 1. The molecule has 3 N–H and O–H groups in total. The Hall–Kier alpha value is -3.35. The number of hydrogen-bond acceptors (Lipinski definition) is 11. The summed E-state index contributed by atoms with van der Waals surface area (Å²) in [6.45, 7) is 3.95. The van der Waals surface area contributed by atoms with Gasteiger partial charge in [0.15, 0.2) is 28.9 Å². The average Bonchev–Trinajstić information content (AvgIpc) is 3.43. The van der Waals surface area contributed by atoms with Crippen molar-refractivity contribution in [3.63, 3.8) is 0 Å². The lowest BCUT2D eigenvalue weighted by Gasteiger charge is -2.23. The Morgan fingerprint density at radius 3 is 2.65 bits per heavy atom. The van der Waals surface area contributed by atoms with E-state index in [0.29, 0.717) is 23.5 Å². The Kier molecular flexibility index (Phi) is 8.20. The van der Waals surface area contributed by atoms with Gasteiger partial charge in [-0.25, -0.2) is 15.0 Å². The first-order valence-corrected chi connectivity index (χ1v) is 13.1. The molecule has 14 nitrogen and oxygen atoms in total. The minimum atomic E-state index is -3.73. The number of benzene rings is 1. The van der Waals surface area contributed by atoms with Gasteiger partial charge in [0.1, 0.15) is 18.5 Å². The molecule has 37 heavy (non-hydrogen) atoms. The number of anilines is 1. The van der Waals surface area contributed by atoms with Crippen molar-refractivity contribution in [2.75, 3.05) is 18.5 Å². The van der Waals surface area contributed by atoms with E-state index in [9.17, 15) is 20.3 Å². The highest BCUT2D eigenvalue weighted by Gasteiger charge is 2.54. The maximum Gasteiger partial charge on any atom is 0.353 e. The van der Waals surface area contributed by atoms with Crippen LogP contribution >= 0.6 is 7.60 Å². The van der Waals surface area contributed by atoms with E-state index < -0.39 is 31.8 Å². The highest BCUT2D eigenvalue weighted by Crippen LogP contribution is 2.51. The van der Waals surface area contributed by atoms with Gasteiger partial charge in [-0.2, -0.15) is 0 Å². The van der Waals surface area contributed by atoms with Gasteiger partial charge in [-0.05, 0) is 31.0 Å². The van der Waals surface area contributed by atoms with Crippen LogP contribution in [-0.2, 0) is 24.9 Å². The molecule has 1 aliphatic heterocycles. The standard InChI is InChI=1S/C22H27N8O6P/c1-3-34-37(33,35-4-2)11-10-22(28-29-23)18(32)17(31)21(36-22)30-14-27-16-19(25-13-26-20(16)30)24-12-15-8-6-5-7-9-15/h5-11,13-14,17-18,21,31-32H,3-4,12H2,1-2H3,(H,24,25,26)/b11-10+/t17-,18+,21-,22?/m1/s1. The number of imidazole rings is 1. The highest BCUT2D eigenvalue weighted by molar-refractivity contribution is 7.57. The van der Waals surface area contributed by atoms with Gasteiger partial charge in [0.05, 0.1) is 19.5 Å². The molecule has 0 saturated carbocycles. The molecule has 3 aromatic rings. The molecule has 0 bridgehead atoms. The second kappa shape index (κ2) is 11.4. The molecule has 1 fully saturated rings. The summed E-state index contributed by atoms with van der Waals surface area (Å²) in [6.07, 6.45) is -0.779. The Morgan fingerprint density at radius 1 is 1.24 bits per heavy atom. The molecule has 2 aromatic heterocycles. The molecular formula is C22H27N8O6P. The van der Waals surface area contributed by atoms with Crippen LogP contribution in [0, 0.1) is 0 Å². The van der Waals surface area contributed by atoms with Crippen molar-refractivity contribution in [2.45, 2.75) is 44.6 Å². The van der Waals surface area contributed by atoms with Crippen molar-refractivity contribution in [1.29, 1.82) is 0 Å². The van der Waals surface area contributed by atoms with Gasteiger partial charge in [0, 0.05) is 17.3 Å². The molecule has 4 rings (SSSR count). The molecule has 1 unspecified atom stereocenters. The molecule has 3 heterocycles. The molecule has 0 radical (unpaired) electrons. The predicted molar refractivity (Wildman–Crippen MR) is 133 cm³/mol. The molecular weight excluding hydrogens is 503 g/mol. The van der Waals surface area contributed by atoms with Crippen molar-refractivity contribution < 1.29 is 28.6 Å². The first-order valence-electron chi connectivity index (χ1n) is 11.5. The van der Waals surface area contributed by atoms with Gasteiger partial charge in [0.2, 0.25) is 0 Å². The van der Waals surface area contributed by atoms with Gasteiger partial charge < -0.3 is 29.3 Å². The predicted octanol–water partition coefficient (Wildman–Crippen LogP) is 3.48. The average molecular weight is 530 g/mol. The van der Waals surface area contributed by atoms with Crippen LogP contribution in [0.25, 0.3) is 21.6 Å². The van der Waals surface area contributed by atoms with Gasteiger partial charge in [-0.3, -0.25) is 9.13 Å². The number of rotatable bonds is 11. The zero-order chi connectivity index (χ0) is 26.5. The third kappa shape index (κ3) is 5.50. The van der Waals surface area contributed by atoms with E-state index in [4.69, 9.17) is 13.8 Å². The summed E-state index contributed by atoms with van der Waals surface area (Å²) in [6, 6.07) is 9.71. The molecule has 15 heteroatoms. The summed E-state index contributed by atoms with van der Waals surface area (Å²) < 4.78 is 30.6. The van der Waals surface area contributed by atoms with Crippen LogP contribution in [0.3, 0.4) is 0 Å². The maximum absolute atomic E-state index is 12.9. The van der Waals surface area contributed by atoms with E-state index in [0.717, 1.165) is 17.5 Å². The van der Waals surface area contributed by atoms with Crippen LogP contribution in [0.4, 0.5) is 5.82 Å². The normalized spacial score (nSPS) is 23.9. The van der Waals surface area contributed by atoms with Crippen LogP contribution in [0.5, 0.6) is 0 Å². The van der Waals surface area contributed by atoms with E-state index >= 15 is 0 Å². The number of aliphatic hydroxyl groups is 2. The molecule has 0 amide bonds. The van der Waals surface area contributed by atoms with E-state index in [-0.39, 0.29) is 13.2 Å². The lowest BCUT2D eigenvalue weighted by Crippen LogP contribution is -2.39. The Balaban J connectivity index is 1.65. The van der Waals surface area contributed by atoms with E-state index in [1.54, 1.807) is 13.8 Å². The minimum Gasteiger partial charge on any atom is -0.387 e. The van der Waals surface area contributed by atoms with Crippen molar-refractivity contribution in [2.24, 2.45) is 5.11 Å². The highest BCUT2D eigenvalue weighted by atomic mass is 31.2. The van der Waals surface area contributed by atoms with Crippen LogP contribution in [0.1, 0.15) is 25.6 Å². The third-order valence-electron chi connectivity index (χ3n) is 5.60. The summed E-state index contributed by atoms with van der Waals surface area (Å²) >= 11 is 0. The summed E-state index contributed by atoms with van der Waals surface area (Å²) in [5, 5.41) is 28.5. The number of azide groups is 1. The van der Waals surface area contributed by atoms with Crippen LogP contribution in [0.15, 0.2) is 60.0 Å². The fourth-order valence-corrected chi connectivity index (χ4v) is 5.27. The van der Waals surface area contributed by atoms with Gasteiger partial charge >= 0.3 is 7.60 Å². The molecule has 1 aromatic carbocycles. The third-order valence-corrected chi connectivity index (χ3v) is 7.35. The molecule has 1 aliphatic rings. The number of hydrogen-bond donors (Lipinski definition) is 3. The van der Waals surface area contributed by atoms with Crippen molar-refractivity contribution >= 4 is 24.6 Å². The Morgan fingerprint density at radius 2 is 1.97 bits per heavy atom. The quantitative estimate of drug-likeness (QED) is 0.143. The number of nitrogens with zero attached hydrogens (tertiary/aromatic N) is 7. The molecule has 4 atom stereocenters. The smallest absolute Gasteiger partial charge is 0.353 e. The number of nitrogens with one attached hydrogen (secondary N) is 1. The van der Waals surface area contributed by atoms with Crippen molar-refractivity contribution in [3.05, 3.63) is 70.9 Å². The molecule has 0 spiro atoms. The zero-order valence-electron chi connectivity index (χ0n) is 20.2. The number of aromatic nitrogens is 4. The van der Waals surface area contributed by atoms with Gasteiger partial charge in [-0.15, -0.1) is 0 Å². The largest absolute Gasteiger partial charge is 0.387 e. The summed E-state index contributed by atoms with van der Waals surface area (Å²) in [4.78, 5) is 15.6. The Bertz CT molecular complexity index is 1340. The minimum absolute atomic E-state index is 0.0895. The SMILES string of the molecule is CCOP(=O)(/C=C/C1(N=[N+]=[N-])O[C@@H](n2cnc3c(NCc4ccccc4)ncnc32)[C@H](O)[C@@H]1O)OCC. The number of aliphatic hydroxyl groups excluding tert-OH is 2. The fraction of sp³-hybridized carbons (Fsp3) is 0.409. The summed E-state index contributed by atoms with van der Waals surface area (Å²) in [5.74, 6) is 1.50. The lowest BCUT2D eigenvalue weighted by molar-refractivity contribution is -0.0695. The van der Waals surface area contributed by atoms with Crippen LogP contribution < -0.4 is 5.32 Å². The van der Waals surface area contributed by atoms with Crippen LogP contribution in [0.2, 0.25) is 0 Å². The first-order chi connectivity index (χ1) is 17.9. The first kappa shape index (κ1) is 26.7. The summed E-state index contributed by atoms with van der Waals surface area (Å²) in [5.41, 5.74) is 8.81. The fourth-order valence-electron chi connectivity index (χ4n) is 3.91. The molecule has 0 aliphatic carbocycles. The lowest BCUT2D eigenvalue weighted by atomic mass is 10.1. The van der Waals surface area contributed by atoms with E-state index in [1.165, 1.54) is 17.2 Å². The zero-order valence-corrected chi connectivity index (χ0v) is 21.0. The Labute approximate surface area is 212 Å². The maximum atomic E-state index is 12.9. The molecule has 196 valence electrons.